The molecular weight excluding hydrogens is 900 g/mol. The predicted octanol–water partition coefficient (Wildman–Crippen LogP) is 17.2. The average molecular weight is 965 g/mol. The number of benzene rings is 7. The highest BCUT2D eigenvalue weighted by atomic mass is 32.1. The van der Waals surface area contributed by atoms with Gasteiger partial charge in [-0.2, -0.15) is 0 Å². The molecule has 12 rings (SSSR count). The summed E-state index contributed by atoms with van der Waals surface area (Å²) in [6, 6.07) is 49.3. The van der Waals surface area contributed by atoms with E-state index in [4.69, 9.17) is 4.74 Å². The highest BCUT2D eigenvalue weighted by Gasteiger charge is 2.47. The van der Waals surface area contributed by atoms with Crippen molar-refractivity contribution in [3.63, 3.8) is 0 Å². The second kappa shape index (κ2) is 16.0. The van der Waals surface area contributed by atoms with Crippen molar-refractivity contribution >= 4 is 99.4 Å². The monoisotopic (exact) mass is 964 g/mol. The number of nitrogens with zero attached hydrogens (tertiary/aromatic N) is 2. The lowest BCUT2D eigenvalue weighted by Crippen LogP contribution is -2.60. The molecule has 0 radical (unpaired) electrons. The summed E-state index contributed by atoms with van der Waals surface area (Å²) in [7, 11) is 0. The number of para-hydroxylation sites is 1. The summed E-state index contributed by atoms with van der Waals surface area (Å²) in [5.74, 6) is 1.21. The largest absolute Gasteiger partial charge is 0.485 e. The molecular formula is C65H65BN2OS2. The van der Waals surface area contributed by atoms with Crippen LogP contribution in [0.25, 0.3) is 30.6 Å². The SMILES string of the molecule is Cc1cc(C(C)(C)C)cc(C)c1N1c2cc(C3Oc4ccccc4C3C)ccc2B2c3sc4ccc(C(C)(C)C)cc4c3N(c3c(C)cc(-c4cc5ccccc5s4)cc3C)c3cc(C(C)(C)C)cc1c32. The van der Waals surface area contributed by atoms with Gasteiger partial charge in [-0.05, 0) is 171 Å². The van der Waals surface area contributed by atoms with Crippen LogP contribution in [0.2, 0.25) is 0 Å². The summed E-state index contributed by atoms with van der Waals surface area (Å²) in [5, 5.41) is 2.63. The zero-order chi connectivity index (χ0) is 49.8. The molecule has 0 aliphatic carbocycles. The first-order chi connectivity index (χ1) is 33.7. The molecule has 71 heavy (non-hydrogen) atoms. The third-order valence-corrected chi connectivity index (χ3v) is 18.3. The number of hydrogen-bond acceptors (Lipinski definition) is 5. The van der Waals surface area contributed by atoms with E-state index in [2.05, 4.69) is 234 Å². The van der Waals surface area contributed by atoms with Crippen molar-refractivity contribution < 1.29 is 4.74 Å². The van der Waals surface area contributed by atoms with Gasteiger partial charge in [-0.15, -0.1) is 22.7 Å². The number of rotatable bonds is 4. The van der Waals surface area contributed by atoms with E-state index in [1.807, 2.05) is 22.7 Å². The molecule has 3 aliphatic rings. The number of thiophene rings is 2. The van der Waals surface area contributed by atoms with E-state index < -0.39 is 0 Å². The first-order valence-corrected chi connectivity index (χ1v) is 27.3. The fourth-order valence-electron chi connectivity index (χ4n) is 12.1. The van der Waals surface area contributed by atoms with Gasteiger partial charge >= 0.3 is 0 Å². The van der Waals surface area contributed by atoms with Crippen LogP contribution < -0.4 is 30.2 Å². The van der Waals surface area contributed by atoms with Gasteiger partial charge < -0.3 is 14.5 Å². The normalized spacial score (nSPS) is 16.3. The molecule has 2 atom stereocenters. The quantitative estimate of drug-likeness (QED) is 0.164. The van der Waals surface area contributed by atoms with E-state index in [0.717, 1.165) is 5.75 Å². The van der Waals surface area contributed by atoms with Crippen LogP contribution in [0.4, 0.5) is 34.1 Å². The highest BCUT2D eigenvalue weighted by molar-refractivity contribution is 7.33. The van der Waals surface area contributed by atoms with Crippen molar-refractivity contribution in [3.05, 3.63) is 177 Å². The van der Waals surface area contributed by atoms with Crippen LogP contribution in [-0.4, -0.2) is 6.71 Å². The van der Waals surface area contributed by atoms with Crippen LogP contribution in [0, 0.1) is 27.7 Å². The highest BCUT2D eigenvalue weighted by Crippen LogP contribution is 2.54. The van der Waals surface area contributed by atoms with E-state index >= 15 is 0 Å². The fraction of sp³-hybridized carbons (Fsp3) is 0.292. The van der Waals surface area contributed by atoms with Crippen molar-refractivity contribution in [2.75, 3.05) is 9.80 Å². The first kappa shape index (κ1) is 46.0. The van der Waals surface area contributed by atoms with Crippen LogP contribution in [0.5, 0.6) is 5.75 Å². The summed E-state index contributed by atoms with van der Waals surface area (Å²) >= 11 is 3.88. The van der Waals surface area contributed by atoms with Crippen molar-refractivity contribution in [2.45, 2.75) is 125 Å². The maximum atomic E-state index is 6.90. The molecule has 6 heteroatoms. The van der Waals surface area contributed by atoms with E-state index in [1.165, 1.54) is 131 Å². The van der Waals surface area contributed by atoms with Crippen molar-refractivity contribution in [2.24, 2.45) is 0 Å². The van der Waals surface area contributed by atoms with Gasteiger partial charge in [0.1, 0.15) is 11.9 Å². The molecule has 0 N–H and O–H groups in total. The minimum Gasteiger partial charge on any atom is -0.485 e. The zero-order valence-corrected chi connectivity index (χ0v) is 45.6. The van der Waals surface area contributed by atoms with Crippen LogP contribution in [0.1, 0.15) is 131 Å². The van der Waals surface area contributed by atoms with Crippen LogP contribution in [-0.2, 0) is 16.2 Å². The Bertz CT molecular complexity index is 3600. The minimum atomic E-state index is -0.148. The number of ether oxygens (including phenoxy) is 1. The van der Waals surface area contributed by atoms with Crippen LogP contribution in [0.3, 0.4) is 0 Å². The minimum absolute atomic E-state index is 0.00284. The van der Waals surface area contributed by atoms with E-state index in [-0.39, 0.29) is 35.0 Å². The zero-order valence-electron chi connectivity index (χ0n) is 44.0. The Balaban J connectivity index is 1.18. The molecule has 0 fully saturated rings. The summed E-state index contributed by atoms with van der Waals surface area (Å²) < 4.78 is 11.0. The lowest BCUT2D eigenvalue weighted by atomic mass is 9.36. The van der Waals surface area contributed by atoms with Crippen LogP contribution >= 0.6 is 22.7 Å². The molecule has 0 saturated carbocycles. The van der Waals surface area contributed by atoms with Gasteiger partial charge in [0.15, 0.2) is 0 Å². The fourth-order valence-corrected chi connectivity index (χ4v) is 14.4. The van der Waals surface area contributed by atoms with E-state index in [0.29, 0.717) is 0 Å². The predicted molar refractivity (Wildman–Crippen MR) is 310 cm³/mol. The third-order valence-electron chi connectivity index (χ3n) is 15.9. The molecule has 0 spiro atoms. The smallest absolute Gasteiger partial charge is 0.264 e. The molecule has 2 aromatic heterocycles. The number of hydrogen-bond donors (Lipinski definition) is 0. The Hall–Kier alpha value is -6.08. The molecule has 356 valence electrons. The lowest BCUT2D eigenvalue weighted by Gasteiger charge is -2.45. The molecule has 3 nitrogen and oxygen atoms in total. The standard InChI is InChI=1S/C65H65BN2OS2/c1-36-27-43(56-32-41-19-15-18-22-54(41)70-56)28-37(2)59(36)68-52-35-46(65(12,13)14)34-51-57(52)66(62-60(68)48-33-44(63(6,7)8)24-26-55(48)71-62)49-25-23-42(61-40(5)47-20-16-17-21-53(47)69-61)31-50(49)67(51)58-38(3)29-45(30-39(58)4)64(9,10)11/h15-35,40,61H,1-14H3. The topological polar surface area (TPSA) is 15.7 Å². The van der Waals surface area contributed by atoms with E-state index in [9.17, 15) is 0 Å². The van der Waals surface area contributed by atoms with Gasteiger partial charge in [0, 0.05) is 53.0 Å². The van der Waals surface area contributed by atoms with Crippen molar-refractivity contribution in [1.82, 2.24) is 0 Å². The Morgan fingerprint density at radius 1 is 0.521 bits per heavy atom. The first-order valence-electron chi connectivity index (χ1n) is 25.6. The van der Waals surface area contributed by atoms with Crippen molar-refractivity contribution in [1.29, 1.82) is 0 Å². The van der Waals surface area contributed by atoms with Gasteiger partial charge in [-0.1, -0.05) is 136 Å². The average Bonchev–Trinajstić information content (AvgIpc) is 4.02. The molecule has 3 aliphatic heterocycles. The van der Waals surface area contributed by atoms with Gasteiger partial charge in [0.05, 0.1) is 17.1 Å². The molecule has 5 heterocycles. The maximum absolute atomic E-state index is 6.90. The van der Waals surface area contributed by atoms with E-state index in [1.54, 1.807) is 0 Å². The summed E-state index contributed by atoms with van der Waals surface area (Å²) in [6.45, 7) is 32.9. The Kier molecular flexibility index (Phi) is 10.3. The molecule has 2 unspecified atom stereocenters. The van der Waals surface area contributed by atoms with Crippen LogP contribution in [0.15, 0.2) is 127 Å². The second-order valence-corrected chi connectivity index (χ2v) is 26.2. The molecule has 0 amide bonds. The van der Waals surface area contributed by atoms with Gasteiger partial charge in [-0.25, -0.2) is 0 Å². The summed E-state index contributed by atoms with van der Waals surface area (Å²) in [4.78, 5) is 6.70. The molecule has 0 saturated heterocycles. The number of fused-ring (bicyclic) bond motifs is 8. The number of aryl methyl sites for hydroxylation is 4. The molecule has 7 aromatic carbocycles. The van der Waals surface area contributed by atoms with Gasteiger partial charge in [0.25, 0.3) is 6.71 Å². The second-order valence-electron chi connectivity index (χ2n) is 24.1. The lowest BCUT2D eigenvalue weighted by molar-refractivity contribution is 0.216. The summed E-state index contributed by atoms with van der Waals surface area (Å²) in [6.07, 6.45) is -0.0954. The molecule has 9 aromatic rings. The Morgan fingerprint density at radius 2 is 1.13 bits per heavy atom. The maximum Gasteiger partial charge on any atom is 0.264 e. The summed E-state index contributed by atoms with van der Waals surface area (Å²) in [5.41, 5.74) is 23.1. The Labute approximate surface area is 430 Å². The van der Waals surface area contributed by atoms with Gasteiger partial charge in [0.2, 0.25) is 0 Å². The third kappa shape index (κ3) is 7.25. The van der Waals surface area contributed by atoms with Gasteiger partial charge in [-0.3, -0.25) is 0 Å². The van der Waals surface area contributed by atoms with Crippen molar-refractivity contribution in [3.8, 4) is 16.2 Å². The Morgan fingerprint density at radius 3 is 1.79 bits per heavy atom. The number of anilines is 6. The molecule has 0 bridgehead atoms.